The molecular formula is C8H15N3S. The van der Waals surface area contributed by atoms with E-state index in [0.29, 0.717) is 12.6 Å². The molecule has 0 saturated heterocycles. The van der Waals surface area contributed by atoms with Gasteiger partial charge in [-0.05, 0) is 14.0 Å². The van der Waals surface area contributed by atoms with Gasteiger partial charge in [-0.2, -0.15) is 0 Å². The number of rotatable bonds is 4. The number of likely N-dealkylation sites (N-methyl/N-ethyl adjacent to an activating group) is 1. The molecule has 2 N–H and O–H groups in total. The van der Waals surface area contributed by atoms with E-state index in [1.807, 2.05) is 5.51 Å². The first-order chi connectivity index (χ1) is 5.74. The van der Waals surface area contributed by atoms with Gasteiger partial charge in [0, 0.05) is 24.5 Å². The minimum absolute atomic E-state index is 0.423. The molecule has 3 nitrogen and oxygen atoms in total. The molecule has 0 aliphatic rings. The third-order valence-corrected chi connectivity index (χ3v) is 2.62. The summed E-state index contributed by atoms with van der Waals surface area (Å²) < 4.78 is 0. The van der Waals surface area contributed by atoms with E-state index in [2.05, 4.69) is 29.2 Å². The minimum atomic E-state index is 0.423. The average molecular weight is 185 g/mol. The van der Waals surface area contributed by atoms with E-state index in [-0.39, 0.29) is 0 Å². The molecule has 0 fully saturated rings. The van der Waals surface area contributed by atoms with Crippen LogP contribution in [0.2, 0.25) is 0 Å². The van der Waals surface area contributed by atoms with E-state index in [1.165, 1.54) is 0 Å². The predicted octanol–water partition coefficient (Wildman–Crippen LogP) is 0.922. The standard InChI is InChI=1S/C8H15N3S/c1-7(3-9)11(2)4-8-5-12-6-10-8/h5-7H,3-4,9H2,1-2H3. The largest absolute Gasteiger partial charge is 0.329 e. The van der Waals surface area contributed by atoms with E-state index in [4.69, 9.17) is 5.73 Å². The molecule has 1 heterocycles. The number of aromatic nitrogens is 1. The van der Waals surface area contributed by atoms with E-state index < -0.39 is 0 Å². The normalized spacial score (nSPS) is 13.7. The molecule has 0 aliphatic carbocycles. The average Bonchev–Trinajstić information content (AvgIpc) is 2.55. The highest BCUT2D eigenvalue weighted by Crippen LogP contribution is 2.05. The van der Waals surface area contributed by atoms with Crippen LogP contribution in [0.25, 0.3) is 0 Å². The second kappa shape index (κ2) is 4.54. The summed E-state index contributed by atoms with van der Waals surface area (Å²) in [4.78, 5) is 6.41. The van der Waals surface area contributed by atoms with Gasteiger partial charge < -0.3 is 5.73 Å². The van der Waals surface area contributed by atoms with Crippen LogP contribution in [-0.2, 0) is 6.54 Å². The second-order valence-corrected chi connectivity index (χ2v) is 3.70. The molecule has 1 aromatic rings. The zero-order valence-electron chi connectivity index (χ0n) is 7.53. The van der Waals surface area contributed by atoms with Crippen LogP contribution in [0.4, 0.5) is 0 Å². The molecular weight excluding hydrogens is 170 g/mol. The van der Waals surface area contributed by atoms with Crippen molar-refractivity contribution in [3.8, 4) is 0 Å². The summed E-state index contributed by atoms with van der Waals surface area (Å²) in [7, 11) is 2.07. The van der Waals surface area contributed by atoms with Crippen molar-refractivity contribution in [1.82, 2.24) is 9.88 Å². The van der Waals surface area contributed by atoms with Crippen LogP contribution in [0.3, 0.4) is 0 Å². The van der Waals surface area contributed by atoms with Crippen molar-refractivity contribution >= 4 is 11.3 Å². The Morgan fingerprint density at radius 1 is 1.75 bits per heavy atom. The molecule has 68 valence electrons. The van der Waals surface area contributed by atoms with Gasteiger partial charge in [-0.3, -0.25) is 4.90 Å². The van der Waals surface area contributed by atoms with Gasteiger partial charge in [0.1, 0.15) is 0 Å². The lowest BCUT2D eigenvalue weighted by atomic mass is 10.3. The summed E-state index contributed by atoms with van der Waals surface area (Å²) in [5, 5.41) is 2.07. The van der Waals surface area contributed by atoms with Crippen LogP contribution in [-0.4, -0.2) is 29.5 Å². The van der Waals surface area contributed by atoms with Gasteiger partial charge in [0.2, 0.25) is 0 Å². The Balaban J connectivity index is 2.41. The van der Waals surface area contributed by atoms with Crippen molar-refractivity contribution in [2.75, 3.05) is 13.6 Å². The fourth-order valence-corrected chi connectivity index (χ4v) is 1.46. The SMILES string of the molecule is CC(CN)N(C)Cc1cscn1. The van der Waals surface area contributed by atoms with Gasteiger partial charge in [-0.1, -0.05) is 0 Å². The molecule has 0 aliphatic heterocycles. The van der Waals surface area contributed by atoms with Crippen LogP contribution in [0, 0.1) is 0 Å². The molecule has 0 saturated carbocycles. The Morgan fingerprint density at radius 2 is 2.50 bits per heavy atom. The monoisotopic (exact) mass is 185 g/mol. The molecule has 12 heavy (non-hydrogen) atoms. The predicted molar refractivity (Wildman–Crippen MR) is 52.1 cm³/mol. The Morgan fingerprint density at radius 3 is 3.00 bits per heavy atom. The van der Waals surface area contributed by atoms with Gasteiger partial charge in [0.15, 0.2) is 0 Å². The molecule has 1 unspecified atom stereocenters. The van der Waals surface area contributed by atoms with Crippen LogP contribution in [0.1, 0.15) is 12.6 Å². The fourth-order valence-electron chi connectivity index (χ4n) is 0.907. The highest BCUT2D eigenvalue weighted by Gasteiger charge is 2.07. The summed E-state index contributed by atoms with van der Waals surface area (Å²) in [6, 6.07) is 0.423. The molecule has 0 aromatic carbocycles. The minimum Gasteiger partial charge on any atom is -0.329 e. The Kier molecular flexibility index (Phi) is 3.65. The topological polar surface area (TPSA) is 42.1 Å². The summed E-state index contributed by atoms with van der Waals surface area (Å²) in [5.41, 5.74) is 8.53. The van der Waals surface area contributed by atoms with Crippen LogP contribution >= 0.6 is 11.3 Å². The Labute approximate surface area is 77.2 Å². The quantitative estimate of drug-likeness (QED) is 0.758. The second-order valence-electron chi connectivity index (χ2n) is 2.98. The molecule has 0 radical (unpaired) electrons. The van der Waals surface area contributed by atoms with Gasteiger partial charge in [-0.15, -0.1) is 11.3 Å². The van der Waals surface area contributed by atoms with Crippen molar-refractivity contribution < 1.29 is 0 Å². The molecule has 0 spiro atoms. The lowest BCUT2D eigenvalue weighted by molar-refractivity contribution is 0.252. The molecule has 1 rings (SSSR count). The maximum atomic E-state index is 5.54. The van der Waals surface area contributed by atoms with Gasteiger partial charge in [0.05, 0.1) is 11.2 Å². The molecule has 0 amide bonds. The Hall–Kier alpha value is -0.450. The number of thiazole rings is 1. The van der Waals surface area contributed by atoms with E-state index >= 15 is 0 Å². The van der Waals surface area contributed by atoms with Gasteiger partial charge in [-0.25, -0.2) is 4.98 Å². The third kappa shape index (κ3) is 2.55. The molecule has 4 heteroatoms. The zero-order chi connectivity index (χ0) is 8.97. The summed E-state index contributed by atoms with van der Waals surface area (Å²) in [5.74, 6) is 0. The van der Waals surface area contributed by atoms with Crippen LogP contribution in [0.5, 0.6) is 0 Å². The zero-order valence-corrected chi connectivity index (χ0v) is 8.34. The van der Waals surface area contributed by atoms with E-state index in [9.17, 15) is 0 Å². The Bertz CT molecular complexity index is 210. The van der Waals surface area contributed by atoms with Crippen LogP contribution in [0.15, 0.2) is 10.9 Å². The third-order valence-electron chi connectivity index (χ3n) is 1.99. The number of nitrogens with two attached hydrogens (primary N) is 1. The van der Waals surface area contributed by atoms with Gasteiger partial charge in [0.25, 0.3) is 0 Å². The molecule has 0 bridgehead atoms. The van der Waals surface area contributed by atoms with Crippen molar-refractivity contribution in [3.05, 3.63) is 16.6 Å². The van der Waals surface area contributed by atoms with Crippen molar-refractivity contribution in [3.63, 3.8) is 0 Å². The summed E-state index contributed by atoms with van der Waals surface area (Å²) in [6.45, 7) is 3.70. The fraction of sp³-hybridized carbons (Fsp3) is 0.625. The first kappa shape index (κ1) is 9.64. The van der Waals surface area contributed by atoms with Crippen molar-refractivity contribution in [1.29, 1.82) is 0 Å². The highest BCUT2D eigenvalue weighted by molar-refractivity contribution is 7.07. The lowest BCUT2D eigenvalue weighted by Crippen LogP contribution is -2.34. The maximum absolute atomic E-state index is 5.54. The summed E-state index contributed by atoms with van der Waals surface area (Å²) in [6.07, 6.45) is 0. The van der Waals surface area contributed by atoms with E-state index in [1.54, 1.807) is 11.3 Å². The first-order valence-corrected chi connectivity index (χ1v) is 4.95. The number of nitrogens with zero attached hydrogens (tertiary/aromatic N) is 2. The smallest absolute Gasteiger partial charge is 0.0795 e. The molecule has 1 aromatic heterocycles. The maximum Gasteiger partial charge on any atom is 0.0795 e. The molecule has 1 atom stereocenters. The van der Waals surface area contributed by atoms with Crippen molar-refractivity contribution in [2.24, 2.45) is 5.73 Å². The van der Waals surface area contributed by atoms with Crippen LogP contribution < -0.4 is 5.73 Å². The van der Waals surface area contributed by atoms with Crippen molar-refractivity contribution in [2.45, 2.75) is 19.5 Å². The summed E-state index contributed by atoms with van der Waals surface area (Å²) >= 11 is 1.63. The first-order valence-electron chi connectivity index (χ1n) is 4.01. The van der Waals surface area contributed by atoms with Gasteiger partial charge >= 0.3 is 0 Å². The number of hydrogen-bond donors (Lipinski definition) is 1. The lowest BCUT2D eigenvalue weighted by Gasteiger charge is -2.21. The van der Waals surface area contributed by atoms with E-state index in [0.717, 1.165) is 12.2 Å². The number of hydrogen-bond acceptors (Lipinski definition) is 4. The highest BCUT2D eigenvalue weighted by atomic mass is 32.1.